The van der Waals surface area contributed by atoms with E-state index in [0.717, 1.165) is 12.8 Å². The van der Waals surface area contributed by atoms with E-state index in [1.54, 1.807) is 0 Å². The molecule has 2 amide bonds. The molecule has 0 aromatic carbocycles. The molecule has 2 N–H and O–H groups in total. The Bertz CT molecular complexity index is 389. The highest BCUT2D eigenvalue weighted by atomic mass is 16.2. The van der Waals surface area contributed by atoms with E-state index in [1.807, 2.05) is 18.2 Å². The minimum atomic E-state index is -0.103. The van der Waals surface area contributed by atoms with Gasteiger partial charge in [0.15, 0.2) is 0 Å². The van der Waals surface area contributed by atoms with Gasteiger partial charge in [0.2, 0.25) is 0 Å². The fourth-order valence-electron chi connectivity index (χ4n) is 1.70. The summed E-state index contributed by atoms with van der Waals surface area (Å²) in [6, 6.07) is -0.103. The lowest BCUT2D eigenvalue weighted by molar-refractivity contribution is 0.242. The van der Waals surface area contributed by atoms with Gasteiger partial charge in [0.25, 0.3) is 0 Å². The molecule has 0 aliphatic heterocycles. The SMILES string of the molecule is O=C(NCC1=CCC=C1)NCC1=CC=CC1. The van der Waals surface area contributed by atoms with Crippen LogP contribution in [0.3, 0.4) is 0 Å². The van der Waals surface area contributed by atoms with Crippen LogP contribution in [0.5, 0.6) is 0 Å². The van der Waals surface area contributed by atoms with Crippen molar-refractivity contribution < 1.29 is 4.79 Å². The van der Waals surface area contributed by atoms with Gasteiger partial charge in [-0.25, -0.2) is 4.79 Å². The zero-order valence-corrected chi connectivity index (χ0v) is 9.20. The van der Waals surface area contributed by atoms with E-state index < -0.39 is 0 Å². The van der Waals surface area contributed by atoms with Crippen molar-refractivity contribution in [3.63, 3.8) is 0 Å². The van der Waals surface area contributed by atoms with Crippen LogP contribution in [0.1, 0.15) is 12.8 Å². The lowest BCUT2D eigenvalue weighted by Crippen LogP contribution is -2.37. The molecule has 0 aromatic heterocycles. The summed E-state index contributed by atoms with van der Waals surface area (Å²) in [5.74, 6) is 0. The van der Waals surface area contributed by atoms with E-state index in [4.69, 9.17) is 0 Å². The molecule has 2 aliphatic rings. The predicted octanol–water partition coefficient (Wildman–Crippen LogP) is 2.06. The van der Waals surface area contributed by atoms with Gasteiger partial charge in [-0.2, -0.15) is 0 Å². The molecular formula is C13H16N2O. The van der Waals surface area contributed by atoms with Crippen LogP contribution in [0.25, 0.3) is 0 Å². The number of rotatable bonds is 4. The first-order valence-corrected chi connectivity index (χ1v) is 5.56. The van der Waals surface area contributed by atoms with Gasteiger partial charge in [0.05, 0.1) is 0 Å². The van der Waals surface area contributed by atoms with E-state index in [-0.39, 0.29) is 6.03 Å². The maximum absolute atomic E-state index is 11.4. The quantitative estimate of drug-likeness (QED) is 0.742. The Labute approximate surface area is 95.6 Å². The highest BCUT2D eigenvalue weighted by Gasteiger charge is 2.04. The molecule has 0 saturated carbocycles. The largest absolute Gasteiger partial charge is 0.334 e. The molecular weight excluding hydrogens is 200 g/mol. The lowest BCUT2D eigenvalue weighted by atomic mass is 10.2. The van der Waals surface area contributed by atoms with Crippen LogP contribution in [0, 0.1) is 0 Å². The molecule has 0 spiro atoms. The van der Waals surface area contributed by atoms with Crippen molar-refractivity contribution in [2.45, 2.75) is 12.8 Å². The Kier molecular flexibility index (Phi) is 3.59. The summed E-state index contributed by atoms with van der Waals surface area (Å²) in [6.07, 6.45) is 14.3. The zero-order chi connectivity index (χ0) is 11.2. The Morgan fingerprint density at radius 3 is 2.81 bits per heavy atom. The number of hydrogen-bond donors (Lipinski definition) is 2. The van der Waals surface area contributed by atoms with Crippen molar-refractivity contribution in [1.82, 2.24) is 10.6 Å². The van der Waals surface area contributed by atoms with Crippen LogP contribution in [0.2, 0.25) is 0 Å². The van der Waals surface area contributed by atoms with E-state index in [0.29, 0.717) is 13.1 Å². The fourth-order valence-corrected chi connectivity index (χ4v) is 1.70. The second-order valence-corrected chi connectivity index (χ2v) is 3.91. The van der Waals surface area contributed by atoms with Gasteiger partial charge >= 0.3 is 6.03 Å². The Morgan fingerprint density at radius 1 is 1.25 bits per heavy atom. The third-order valence-electron chi connectivity index (χ3n) is 2.63. The van der Waals surface area contributed by atoms with Crippen LogP contribution >= 0.6 is 0 Å². The topological polar surface area (TPSA) is 41.1 Å². The van der Waals surface area contributed by atoms with Crippen molar-refractivity contribution in [3.8, 4) is 0 Å². The molecule has 3 nitrogen and oxygen atoms in total. The van der Waals surface area contributed by atoms with Crippen LogP contribution in [-0.2, 0) is 0 Å². The number of carbonyl (C=O) groups is 1. The summed E-state index contributed by atoms with van der Waals surface area (Å²) < 4.78 is 0. The third-order valence-corrected chi connectivity index (χ3v) is 2.63. The van der Waals surface area contributed by atoms with Crippen molar-refractivity contribution in [1.29, 1.82) is 0 Å². The molecule has 2 aliphatic carbocycles. The van der Waals surface area contributed by atoms with Gasteiger partial charge in [-0.3, -0.25) is 0 Å². The smallest absolute Gasteiger partial charge is 0.315 e. The molecule has 0 heterocycles. The monoisotopic (exact) mass is 216 g/mol. The Hall–Kier alpha value is -1.77. The first kappa shape index (κ1) is 10.7. The number of amides is 2. The van der Waals surface area contributed by atoms with Gasteiger partial charge in [0.1, 0.15) is 0 Å². The molecule has 0 saturated heterocycles. The minimum absolute atomic E-state index is 0.103. The highest BCUT2D eigenvalue weighted by molar-refractivity contribution is 5.74. The second kappa shape index (κ2) is 5.35. The van der Waals surface area contributed by atoms with Crippen LogP contribution < -0.4 is 10.6 Å². The molecule has 3 heteroatoms. The van der Waals surface area contributed by atoms with Crippen LogP contribution in [0.15, 0.2) is 47.6 Å². The summed E-state index contributed by atoms with van der Waals surface area (Å²) in [5, 5.41) is 5.67. The lowest BCUT2D eigenvalue weighted by Gasteiger charge is -2.07. The highest BCUT2D eigenvalue weighted by Crippen LogP contribution is 2.08. The van der Waals surface area contributed by atoms with E-state index >= 15 is 0 Å². The molecule has 16 heavy (non-hydrogen) atoms. The average molecular weight is 216 g/mol. The zero-order valence-electron chi connectivity index (χ0n) is 9.20. The fraction of sp³-hybridized carbons (Fsp3) is 0.308. The summed E-state index contributed by atoms with van der Waals surface area (Å²) in [6.45, 7) is 1.24. The van der Waals surface area contributed by atoms with Gasteiger partial charge in [0, 0.05) is 13.1 Å². The Balaban J connectivity index is 1.62. The van der Waals surface area contributed by atoms with Crippen LogP contribution in [0.4, 0.5) is 4.79 Å². The predicted molar refractivity (Wildman–Crippen MR) is 65.1 cm³/mol. The number of allylic oxidation sites excluding steroid dienone is 5. The maximum atomic E-state index is 11.4. The number of carbonyl (C=O) groups excluding carboxylic acids is 1. The van der Waals surface area contributed by atoms with Crippen LogP contribution in [-0.4, -0.2) is 19.1 Å². The standard InChI is InChI=1S/C13H16N2O/c16-13(14-9-11-5-1-2-6-11)15-10-12-7-3-4-8-12/h1-3,5,7-8H,4,6,9-10H2,(H2,14,15,16). The molecule has 0 aromatic rings. The van der Waals surface area contributed by atoms with Gasteiger partial charge in [-0.1, -0.05) is 36.5 Å². The summed E-state index contributed by atoms with van der Waals surface area (Å²) in [5.41, 5.74) is 2.42. The van der Waals surface area contributed by atoms with E-state index in [2.05, 4.69) is 28.9 Å². The van der Waals surface area contributed by atoms with Gasteiger partial charge in [-0.15, -0.1) is 0 Å². The van der Waals surface area contributed by atoms with Crippen molar-refractivity contribution >= 4 is 6.03 Å². The molecule has 84 valence electrons. The molecule has 0 fully saturated rings. The van der Waals surface area contributed by atoms with Crippen molar-refractivity contribution in [3.05, 3.63) is 47.6 Å². The summed E-state index contributed by atoms with van der Waals surface area (Å²) in [4.78, 5) is 11.4. The van der Waals surface area contributed by atoms with E-state index in [9.17, 15) is 4.79 Å². The molecule has 0 atom stereocenters. The summed E-state index contributed by atoms with van der Waals surface area (Å²) in [7, 11) is 0. The second-order valence-electron chi connectivity index (χ2n) is 3.91. The average Bonchev–Trinajstić information content (AvgIpc) is 2.96. The molecule has 0 unspecified atom stereocenters. The van der Waals surface area contributed by atoms with Gasteiger partial charge in [-0.05, 0) is 24.0 Å². The first-order valence-electron chi connectivity index (χ1n) is 5.56. The normalized spacial score (nSPS) is 17.2. The molecule has 0 radical (unpaired) electrons. The summed E-state index contributed by atoms with van der Waals surface area (Å²) >= 11 is 0. The molecule has 0 bridgehead atoms. The van der Waals surface area contributed by atoms with E-state index in [1.165, 1.54) is 11.1 Å². The number of nitrogens with one attached hydrogen (secondary N) is 2. The Morgan fingerprint density at radius 2 is 2.12 bits per heavy atom. The number of urea groups is 1. The molecule has 2 rings (SSSR count). The third kappa shape index (κ3) is 3.12. The maximum Gasteiger partial charge on any atom is 0.315 e. The number of hydrogen-bond acceptors (Lipinski definition) is 1. The minimum Gasteiger partial charge on any atom is -0.334 e. The first-order chi connectivity index (χ1) is 7.84. The van der Waals surface area contributed by atoms with Crippen molar-refractivity contribution in [2.24, 2.45) is 0 Å². The van der Waals surface area contributed by atoms with Gasteiger partial charge < -0.3 is 10.6 Å². The van der Waals surface area contributed by atoms with Crippen molar-refractivity contribution in [2.75, 3.05) is 13.1 Å².